The van der Waals surface area contributed by atoms with Gasteiger partial charge in [-0.3, -0.25) is 0 Å². The van der Waals surface area contributed by atoms with Gasteiger partial charge >= 0.3 is 0 Å². The largest absolute Gasteiger partial charge is 0.313 e. The molecule has 0 aliphatic heterocycles. The molecule has 0 heterocycles. The fourth-order valence-electron chi connectivity index (χ4n) is 2.65. The van der Waals surface area contributed by atoms with Crippen LogP contribution in [0.2, 0.25) is 0 Å². The third-order valence-electron chi connectivity index (χ3n) is 4.17. The van der Waals surface area contributed by atoms with Crippen molar-refractivity contribution in [1.29, 1.82) is 0 Å². The Morgan fingerprint density at radius 3 is 2.33 bits per heavy atom. The lowest BCUT2D eigenvalue weighted by atomic mass is 9.91. The van der Waals surface area contributed by atoms with Crippen LogP contribution >= 0.6 is 0 Å². The molecule has 1 unspecified atom stereocenters. The monoisotopic (exact) mass is 283 g/mol. The van der Waals surface area contributed by atoms with E-state index in [9.17, 15) is 4.39 Å². The van der Waals surface area contributed by atoms with Crippen LogP contribution in [-0.2, 0) is 6.42 Å². The van der Waals surface area contributed by atoms with Crippen LogP contribution in [0.3, 0.4) is 0 Å². The molecule has 0 spiro atoms. The first-order valence-corrected chi connectivity index (χ1v) is 7.75. The van der Waals surface area contributed by atoms with Crippen LogP contribution < -0.4 is 5.32 Å². The van der Waals surface area contributed by atoms with Gasteiger partial charge in [0.1, 0.15) is 5.82 Å². The fourth-order valence-corrected chi connectivity index (χ4v) is 2.65. The highest BCUT2D eigenvalue weighted by Crippen LogP contribution is 2.24. The van der Waals surface area contributed by atoms with Crippen molar-refractivity contribution in [3.05, 3.63) is 71.0 Å². The number of aryl methyl sites for hydroxylation is 1. The lowest BCUT2D eigenvalue weighted by Crippen LogP contribution is -2.24. The van der Waals surface area contributed by atoms with Crippen LogP contribution in [0.5, 0.6) is 0 Å². The Morgan fingerprint density at radius 2 is 1.71 bits per heavy atom. The van der Waals surface area contributed by atoms with Gasteiger partial charge in [0.25, 0.3) is 0 Å². The molecule has 1 saturated carbocycles. The first-order chi connectivity index (χ1) is 10.2. The zero-order valence-electron chi connectivity index (χ0n) is 12.5. The van der Waals surface area contributed by atoms with Crippen molar-refractivity contribution < 1.29 is 4.39 Å². The van der Waals surface area contributed by atoms with E-state index in [1.807, 2.05) is 12.1 Å². The zero-order valence-corrected chi connectivity index (χ0v) is 12.5. The third-order valence-corrected chi connectivity index (χ3v) is 4.17. The summed E-state index contributed by atoms with van der Waals surface area (Å²) >= 11 is 0. The van der Waals surface area contributed by atoms with Crippen molar-refractivity contribution in [2.45, 2.75) is 38.1 Å². The highest BCUT2D eigenvalue weighted by Gasteiger charge is 2.22. The molecule has 0 amide bonds. The summed E-state index contributed by atoms with van der Waals surface area (Å²) in [4.78, 5) is 0. The van der Waals surface area contributed by atoms with Crippen LogP contribution in [-0.4, -0.2) is 12.6 Å². The molecular weight excluding hydrogens is 261 g/mol. The SMILES string of the molecule is Cc1ccc(C(CNC2CC2)Cc2ccc(F)cc2)cc1. The van der Waals surface area contributed by atoms with Crippen LogP contribution in [0.25, 0.3) is 0 Å². The summed E-state index contributed by atoms with van der Waals surface area (Å²) in [6.45, 7) is 3.10. The van der Waals surface area contributed by atoms with Crippen LogP contribution in [0.1, 0.15) is 35.4 Å². The average molecular weight is 283 g/mol. The van der Waals surface area contributed by atoms with Crippen LogP contribution in [0.4, 0.5) is 4.39 Å². The first kappa shape index (κ1) is 14.3. The maximum Gasteiger partial charge on any atom is 0.123 e. The van der Waals surface area contributed by atoms with E-state index in [1.165, 1.54) is 29.5 Å². The molecular formula is C19H22FN. The number of hydrogen-bond donors (Lipinski definition) is 1. The molecule has 2 aromatic rings. The summed E-state index contributed by atoms with van der Waals surface area (Å²) in [6.07, 6.45) is 3.55. The Morgan fingerprint density at radius 1 is 1.05 bits per heavy atom. The van der Waals surface area contributed by atoms with E-state index in [-0.39, 0.29) is 5.82 Å². The van der Waals surface area contributed by atoms with Crippen LogP contribution in [0.15, 0.2) is 48.5 Å². The standard InChI is InChI=1S/C19H22FN/c1-14-2-6-16(7-3-14)17(13-21-19-10-11-19)12-15-4-8-18(20)9-5-15/h2-9,17,19,21H,10-13H2,1H3. The van der Waals surface area contributed by atoms with E-state index in [2.05, 4.69) is 36.5 Å². The molecule has 1 nitrogen and oxygen atoms in total. The Kier molecular flexibility index (Phi) is 4.35. The molecule has 2 heteroatoms. The summed E-state index contributed by atoms with van der Waals surface area (Å²) in [7, 11) is 0. The minimum atomic E-state index is -0.165. The van der Waals surface area contributed by atoms with Crippen molar-refractivity contribution in [1.82, 2.24) is 5.32 Å². The van der Waals surface area contributed by atoms with Crippen LogP contribution in [0, 0.1) is 12.7 Å². The van der Waals surface area contributed by atoms with E-state index in [0.29, 0.717) is 12.0 Å². The summed E-state index contributed by atoms with van der Waals surface area (Å²) in [6, 6.07) is 16.4. The Bertz CT molecular complexity index is 570. The van der Waals surface area contributed by atoms with Gasteiger partial charge in [0.05, 0.1) is 0 Å². The van der Waals surface area contributed by atoms with E-state index in [0.717, 1.165) is 13.0 Å². The maximum atomic E-state index is 13.0. The highest BCUT2D eigenvalue weighted by molar-refractivity contribution is 5.28. The van der Waals surface area contributed by atoms with E-state index in [4.69, 9.17) is 0 Å². The van der Waals surface area contributed by atoms with Crippen molar-refractivity contribution >= 4 is 0 Å². The number of hydrogen-bond acceptors (Lipinski definition) is 1. The second-order valence-electron chi connectivity index (χ2n) is 6.12. The van der Waals surface area contributed by atoms with Gasteiger partial charge in [0, 0.05) is 18.5 Å². The highest BCUT2D eigenvalue weighted by atomic mass is 19.1. The fraction of sp³-hybridized carbons (Fsp3) is 0.368. The minimum absolute atomic E-state index is 0.165. The maximum absolute atomic E-state index is 13.0. The van der Waals surface area contributed by atoms with Crippen molar-refractivity contribution in [3.63, 3.8) is 0 Å². The molecule has 110 valence electrons. The molecule has 1 aliphatic rings. The van der Waals surface area contributed by atoms with Gasteiger partial charge in [-0.15, -0.1) is 0 Å². The van der Waals surface area contributed by atoms with E-state index < -0.39 is 0 Å². The molecule has 1 atom stereocenters. The van der Waals surface area contributed by atoms with E-state index in [1.54, 1.807) is 12.1 Å². The molecule has 2 aromatic carbocycles. The predicted octanol–water partition coefficient (Wildman–Crippen LogP) is 4.21. The summed E-state index contributed by atoms with van der Waals surface area (Å²) < 4.78 is 13.0. The summed E-state index contributed by atoms with van der Waals surface area (Å²) in [5.41, 5.74) is 3.84. The number of benzene rings is 2. The van der Waals surface area contributed by atoms with Gasteiger partial charge < -0.3 is 5.32 Å². The average Bonchev–Trinajstić information content (AvgIpc) is 3.31. The Hall–Kier alpha value is -1.67. The van der Waals surface area contributed by atoms with Crippen molar-refractivity contribution in [2.75, 3.05) is 6.54 Å². The first-order valence-electron chi connectivity index (χ1n) is 7.75. The second kappa shape index (κ2) is 6.40. The van der Waals surface area contributed by atoms with Crippen molar-refractivity contribution in [2.24, 2.45) is 0 Å². The minimum Gasteiger partial charge on any atom is -0.313 e. The topological polar surface area (TPSA) is 12.0 Å². The van der Waals surface area contributed by atoms with E-state index >= 15 is 0 Å². The van der Waals surface area contributed by atoms with Crippen molar-refractivity contribution in [3.8, 4) is 0 Å². The van der Waals surface area contributed by atoms with Gasteiger partial charge in [-0.2, -0.15) is 0 Å². The van der Waals surface area contributed by atoms with Gasteiger partial charge in [0.2, 0.25) is 0 Å². The number of nitrogens with one attached hydrogen (secondary N) is 1. The molecule has 1 aliphatic carbocycles. The predicted molar refractivity (Wildman–Crippen MR) is 85.0 cm³/mol. The Balaban J connectivity index is 1.73. The molecule has 21 heavy (non-hydrogen) atoms. The molecule has 1 fully saturated rings. The summed E-state index contributed by atoms with van der Waals surface area (Å²) in [5.74, 6) is 0.276. The normalized spacial score (nSPS) is 15.9. The zero-order chi connectivity index (χ0) is 14.7. The Labute approximate surface area is 126 Å². The molecule has 0 saturated heterocycles. The lowest BCUT2D eigenvalue weighted by molar-refractivity contribution is 0.575. The lowest BCUT2D eigenvalue weighted by Gasteiger charge is -2.19. The molecule has 1 N–H and O–H groups in total. The summed E-state index contributed by atoms with van der Waals surface area (Å²) in [5, 5.41) is 3.63. The third kappa shape index (κ3) is 4.15. The van der Waals surface area contributed by atoms with Gasteiger partial charge in [-0.25, -0.2) is 4.39 Å². The quantitative estimate of drug-likeness (QED) is 0.837. The van der Waals surface area contributed by atoms with Gasteiger partial charge in [-0.1, -0.05) is 42.0 Å². The molecule has 0 radical (unpaired) electrons. The second-order valence-corrected chi connectivity index (χ2v) is 6.12. The molecule has 0 bridgehead atoms. The number of rotatable bonds is 6. The molecule has 3 rings (SSSR count). The molecule has 0 aromatic heterocycles. The smallest absolute Gasteiger partial charge is 0.123 e. The number of halogens is 1. The van der Waals surface area contributed by atoms with Gasteiger partial charge in [0.15, 0.2) is 0 Å². The van der Waals surface area contributed by atoms with Gasteiger partial charge in [-0.05, 0) is 49.4 Å².